The predicted molar refractivity (Wildman–Crippen MR) is 100 cm³/mol. The minimum Gasteiger partial charge on any atom is -0.353 e. The van der Waals surface area contributed by atoms with Crippen LogP contribution in [0, 0.1) is 6.92 Å². The predicted octanol–water partition coefficient (Wildman–Crippen LogP) is 1.63. The summed E-state index contributed by atoms with van der Waals surface area (Å²) in [6, 6.07) is 8.44. The summed E-state index contributed by atoms with van der Waals surface area (Å²) < 4.78 is 22.9. The van der Waals surface area contributed by atoms with Gasteiger partial charge in [0.15, 0.2) is 9.84 Å². The molecule has 0 saturated carbocycles. The maximum absolute atomic E-state index is 12.1. The Balaban J connectivity index is 1.81. The van der Waals surface area contributed by atoms with E-state index in [1.54, 1.807) is 0 Å². The van der Waals surface area contributed by atoms with Crippen molar-refractivity contribution in [3.8, 4) is 0 Å². The molecule has 2 rings (SSSR count). The Hall–Kier alpha value is -1.05. The van der Waals surface area contributed by atoms with Crippen molar-refractivity contribution >= 4 is 27.5 Å². The third-order valence-corrected chi connectivity index (χ3v) is 7.50. The molecule has 1 aromatic carbocycles. The number of hydrogen-bond donors (Lipinski definition) is 1. The summed E-state index contributed by atoms with van der Waals surface area (Å²) in [5.74, 6) is 0.730. The van der Waals surface area contributed by atoms with Crippen molar-refractivity contribution in [3.63, 3.8) is 0 Å². The number of carbonyl (C=O) groups excluding carboxylic acids is 1. The van der Waals surface area contributed by atoms with E-state index in [9.17, 15) is 13.2 Å². The molecule has 1 fully saturated rings. The monoisotopic (exact) mass is 370 g/mol. The van der Waals surface area contributed by atoms with Crippen LogP contribution < -0.4 is 5.32 Å². The highest BCUT2D eigenvalue weighted by Gasteiger charge is 2.28. The van der Waals surface area contributed by atoms with Crippen molar-refractivity contribution in [2.45, 2.75) is 24.6 Å². The number of carbonyl (C=O) groups is 1. The van der Waals surface area contributed by atoms with Crippen LogP contribution in [0.4, 0.5) is 0 Å². The number of hydrogen-bond acceptors (Lipinski definition) is 5. The molecule has 1 aliphatic heterocycles. The van der Waals surface area contributed by atoms with Crippen LogP contribution in [-0.2, 0) is 14.6 Å². The summed E-state index contributed by atoms with van der Waals surface area (Å²) in [5.41, 5.74) is 2.38. The molecule has 1 saturated heterocycles. The van der Waals surface area contributed by atoms with E-state index in [0.29, 0.717) is 18.7 Å². The molecule has 5 nitrogen and oxygen atoms in total. The van der Waals surface area contributed by atoms with E-state index in [1.807, 2.05) is 14.1 Å². The first-order chi connectivity index (χ1) is 11.3. The fourth-order valence-electron chi connectivity index (χ4n) is 2.73. The van der Waals surface area contributed by atoms with E-state index in [0.717, 1.165) is 0 Å². The van der Waals surface area contributed by atoms with Crippen LogP contribution in [0.3, 0.4) is 0 Å². The molecule has 7 heteroatoms. The summed E-state index contributed by atoms with van der Waals surface area (Å²) in [7, 11) is 1.11. The Morgan fingerprint density at radius 3 is 2.54 bits per heavy atom. The second-order valence-electron chi connectivity index (χ2n) is 6.53. The maximum atomic E-state index is 12.1. The van der Waals surface area contributed by atoms with Gasteiger partial charge in [-0.3, -0.25) is 4.79 Å². The highest BCUT2D eigenvalue weighted by Crippen LogP contribution is 2.24. The zero-order valence-electron chi connectivity index (χ0n) is 14.5. The Labute approximate surface area is 149 Å². The molecule has 1 heterocycles. The standard InChI is InChI=1S/C17H26N2O3S2/c1-13-4-6-14(7-5-13)16(19(2)3)10-18-17(20)11-23-15-8-9-24(21,22)12-15/h4-7,15-16H,8-12H2,1-3H3,(H,18,20)/t15-,16-/m0/s1. The van der Waals surface area contributed by atoms with E-state index in [4.69, 9.17) is 0 Å². The topological polar surface area (TPSA) is 66.5 Å². The number of amides is 1. The van der Waals surface area contributed by atoms with Gasteiger partial charge in [-0.2, -0.15) is 0 Å². The molecule has 1 amide bonds. The highest BCUT2D eigenvalue weighted by atomic mass is 32.2. The lowest BCUT2D eigenvalue weighted by Gasteiger charge is -2.25. The first-order valence-corrected chi connectivity index (χ1v) is 11.0. The van der Waals surface area contributed by atoms with Gasteiger partial charge in [-0.25, -0.2) is 8.42 Å². The summed E-state index contributed by atoms with van der Waals surface area (Å²) in [6.07, 6.45) is 0.657. The second-order valence-corrected chi connectivity index (χ2v) is 10.0. The lowest BCUT2D eigenvalue weighted by molar-refractivity contribution is -0.118. The van der Waals surface area contributed by atoms with Gasteiger partial charge in [-0.15, -0.1) is 11.8 Å². The first kappa shape index (κ1) is 19.3. The molecule has 1 aliphatic rings. The third-order valence-electron chi connectivity index (χ3n) is 4.22. The smallest absolute Gasteiger partial charge is 0.230 e. The van der Waals surface area contributed by atoms with Gasteiger partial charge in [0.2, 0.25) is 5.91 Å². The second kappa shape index (κ2) is 8.36. The minimum absolute atomic E-state index is 0.0386. The Morgan fingerprint density at radius 1 is 1.33 bits per heavy atom. The van der Waals surface area contributed by atoms with Crippen LogP contribution in [-0.4, -0.2) is 62.4 Å². The number of thioether (sulfide) groups is 1. The fraction of sp³-hybridized carbons (Fsp3) is 0.588. The van der Waals surface area contributed by atoms with Crippen molar-refractivity contribution < 1.29 is 13.2 Å². The van der Waals surface area contributed by atoms with Crippen molar-refractivity contribution in [2.75, 3.05) is 37.9 Å². The van der Waals surface area contributed by atoms with Gasteiger partial charge in [0.05, 0.1) is 23.3 Å². The average Bonchev–Trinajstić information content (AvgIpc) is 2.86. The van der Waals surface area contributed by atoms with Crippen molar-refractivity contribution in [1.82, 2.24) is 10.2 Å². The van der Waals surface area contributed by atoms with Crippen molar-refractivity contribution in [3.05, 3.63) is 35.4 Å². The molecule has 1 N–H and O–H groups in total. The van der Waals surface area contributed by atoms with E-state index < -0.39 is 9.84 Å². The van der Waals surface area contributed by atoms with Gasteiger partial charge < -0.3 is 10.2 Å². The lowest BCUT2D eigenvalue weighted by atomic mass is 10.0. The number of nitrogens with one attached hydrogen (secondary N) is 1. The quantitative estimate of drug-likeness (QED) is 0.790. The first-order valence-electron chi connectivity index (χ1n) is 8.08. The molecule has 2 atom stereocenters. The molecule has 0 unspecified atom stereocenters. The Bertz CT molecular complexity index is 657. The maximum Gasteiger partial charge on any atom is 0.230 e. The largest absolute Gasteiger partial charge is 0.353 e. The molecule has 0 spiro atoms. The van der Waals surface area contributed by atoms with Crippen LogP contribution in [0.1, 0.15) is 23.6 Å². The van der Waals surface area contributed by atoms with E-state index in [2.05, 4.69) is 41.4 Å². The number of nitrogens with zero attached hydrogens (tertiary/aromatic N) is 1. The van der Waals surface area contributed by atoms with E-state index in [-0.39, 0.29) is 28.7 Å². The molecular weight excluding hydrogens is 344 g/mol. The van der Waals surface area contributed by atoms with Gasteiger partial charge in [-0.1, -0.05) is 29.8 Å². The fourth-order valence-corrected chi connectivity index (χ4v) is 6.21. The average molecular weight is 371 g/mol. The summed E-state index contributed by atoms with van der Waals surface area (Å²) in [4.78, 5) is 14.2. The molecule has 0 radical (unpaired) electrons. The highest BCUT2D eigenvalue weighted by molar-refractivity contribution is 8.02. The van der Waals surface area contributed by atoms with Crippen LogP contribution in [0.2, 0.25) is 0 Å². The van der Waals surface area contributed by atoms with Crippen LogP contribution in [0.15, 0.2) is 24.3 Å². The summed E-state index contributed by atoms with van der Waals surface area (Å²) in [5, 5.41) is 3.03. The van der Waals surface area contributed by atoms with Crippen LogP contribution in [0.5, 0.6) is 0 Å². The normalized spacial score (nSPS) is 20.9. The number of aryl methyl sites for hydroxylation is 1. The Morgan fingerprint density at radius 2 is 2.00 bits per heavy atom. The molecule has 24 heavy (non-hydrogen) atoms. The summed E-state index contributed by atoms with van der Waals surface area (Å²) in [6.45, 7) is 2.59. The van der Waals surface area contributed by atoms with E-state index in [1.165, 1.54) is 22.9 Å². The summed E-state index contributed by atoms with van der Waals surface area (Å²) >= 11 is 1.45. The zero-order valence-corrected chi connectivity index (χ0v) is 16.1. The van der Waals surface area contributed by atoms with Gasteiger partial charge in [-0.05, 0) is 33.0 Å². The molecule has 1 aromatic rings. The van der Waals surface area contributed by atoms with Gasteiger partial charge in [0.1, 0.15) is 0 Å². The molecule has 0 aromatic heterocycles. The zero-order chi connectivity index (χ0) is 17.7. The van der Waals surface area contributed by atoms with Crippen molar-refractivity contribution in [2.24, 2.45) is 0 Å². The van der Waals surface area contributed by atoms with Gasteiger partial charge in [0, 0.05) is 11.8 Å². The lowest BCUT2D eigenvalue weighted by Crippen LogP contribution is -2.35. The SMILES string of the molecule is Cc1ccc([C@H](CNC(=O)CS[C@H]2CCS(=O)(=O)C2)N(C)C)cc1. The molecule has 134 valence electrons. The van der Waals surface area contributed by atoms with Crippen LogP contribution >= 0.6 is 11.8 Å². The van der Waals surface area contributed by atoms with Gasteiger partial charge >= 0.3 is 0 Å². The third kappa shape index (κ3) is 5.79. The molecule has 0 bridgehead atoms. The number of likely N-dealkylation sites (N-methyl/N-ethyl adjacent to an activating group) is 1. The number of rotatable bonds is 7. The molecular formula is C17H26N2O3S2. The van der Waals surface area contributed by atoms with E-state index >= 15 is 0 Å². The minimum atomic E-state index is -2.88. The number of benzene rings is 1. The Kier molecular flexibility index (Phi) is 6.71. The molecule has 0 aliphatic carbocycles. The van der Waals surface area contributed by atoms with Crippen molar-refractivity contribution in [1.29, 1.82) is 0 Å². The van der Waals surface area contributed by atoms with Gasteiger partial charge in [0.25, 0.3) is 0 Å². The number of sulfone groups is 1. The van der Waals surface area contributed by atoms with Crippen LogP contribution in [0.25, 0.3) is 0 Å².